The summed E-state index contributed by atoms with van der Waals surface area (Å²) in [5.74, 6) is 2.59. The van der Waals surface area contributed by atoms with Gasteiger partial charge in [0.1, 0.15) is 6.07 Å². The zero-order chi connectivity index (χ0) is 11.3. The Labute approximate surface area is 98.6 Å². The Bertz CT molecular complexity index is 426. The molecule has 0 saturated carbocycles. The van der Waals surface area contributed by atoms with Crippen molar-refractivity contribution in [3.05, 3.63) is 28.2 Å². The van der Waals surface area contributed by atoms with E-state index in [1.165, 1.54) is 0 Å². The highest BCUT2D eigenvalue weighted by atomic mass is 79.9. The molecule has 0 aliphatic heterocycles. The third kappa shape index (κ3) is 2.52. The third-order valence-electron chi connectivity index (χ3n) is 2.11. The van der Waals surface area contributed by atoms with Crippen LogP contribution < -0.4 is 4.90 Å². The van der Waals surface area contributed by atoms with Gasteiger partial charge in [-0.15, -0.1) is 6.42 Å². The molecular weight excluding hydrogens is 252 g/mol. The molecule has 1 aromatic carbocycles. The monoisotopic (exact) mass is 262 g/mol. The van der Waals surface area contributed by atoms with E-state index in [9.17, 15) is 0 Å². The Balaban J connectivity index is 3.19. The zero-order valence-electron chi connectivity index (χ0n) is 8.50. The van der Waals surface area contributed by atoms with Crippen molar-refractivity contribution in [3.63, 3.8) is 0 Å². The summed E-state index contributed by atoms with van der Waals surface area (Å²) in [5.41, 5.74) is 1.52. The number of rotatable bonds is 3. The Kier molecular flexibility index (Phi) is 4.21. The maximum Gasteiger partial charge on any atom is 0.103 e. The van der Waals surface area contributed by atoms with Crippen molar-refractivity contribution in [1.29, 1.82) is 5.26 Å². The molecule has 0 fully saturated rings. The summed E-state index contributed by atoms with van der Waals surface area (Å²) in [6, 6.07) is 7.84. The normalized spacial score (nSPS) is 9.07. The molecule has 0 spiro atoms. The van der Waals surface area contributed by atoms with Gasteiger partial charge in [-0.2, -0.15) is 5.26 Å². The second-order valence-electron chi connectivity index (χ2n) is 2.96. The lowest BCUT2D eigenvalue weighted by Gasteiger charge is -2.21. The Hall–Kier alpha value is -1.45. The number of nitrogens with zero attached hydrogens (tertiary/aromatic N) is 2. The Morgan fingerprint density at radius 2 is 2.27 bits per heavy atom. The smallest absolute Gasteiger partial charge is 0.103 e. The van der Waals surface area contributed by atoms with E-state index in [2.05, 4.69) is 27.9 Å². The van der Waals surface area contributed by atoms with Crippen LogP contribution in [0.25, 0.3) is 0 Å². The van der Waals surface area contributed by atoms with Gasteiger partial charge in [0.15, 0.2) is 0 Å². The van der Waals surface area contributed by atoms with E-state index in [0.717, 1.165) is 16.7 Å². The highest BCUT2D eigenvalue weighted by molar-refractivity contribution is 9.10. The fourth-order valence-electron chi connectivity index (χ4n) is 1.36. The first-order valence-corrected chi connectivity index (χ1v) is 5.41. The van der Waals surface area contributed by atoms with Crippen molar-refractivity contribution in [2.24, 2.45) is 0 Å². The van der Waals surface area contributed by atoms with E-state index < -0.39 is 0 Å². The highest BCUT2D eigenvalue weighted by Gasteiger charge is 2.10. The van der Waals surface area contributed by atoms with Gasteiger partial charge < -0.3 is 4.90 Å². The average molecular weight is 263 g/mol. The quantitative estimate of drug-likeness (QED) is 0.784. The molecule has 0 atom stereocenters. The highest BCUT2D eigenvalue weighted by Crippen LogP contribution is 2.26. The predicted molar refractivity (Wildman–Crippen MR) is 65.6 cm³/mol. The van der Waals surface area contributed by atoms with E-state index in [1.807, 2.05) is 30.0 Å². The molecule has 15 heavy (non-hydrogen) atoms. The Morgan fingerprint density at radius 3 is 2.80 bits per heavy atom. The molecule has 0 heterocycles. The lowest BCUT2D eigenvalue weighted by atomic mass is 10.1. The largest absolute Gasteiger partial charge is 0.360 e. The second kappa shape index (κ2) is 5.44. The van der Waals surface area contributed by atoms with Gasteiger partial charge in [0.05, 0.1) is 17.8 Å². The number of halogens is 1. The number of hydrogen-bond acceptors (Lipinski definition) is 2. The number of nitriles is 1. The van der Waals surface area contributed by atoms with Crippen LogP contribution in [-0.2, 0) is 0 Å². The fraction of sp³-hybridized carbons (Fsp3) is 0.250. The van der Waals surface area contributed by atoms with Crippen LogP contribution in [-0.4, -0.2) is 13.1 Å². The number of terminal acetylenes is 1. The van der Waals surface area contributed by atoms with Gasteiger partial charge in [-0.1, -0.05) is 12.0 Å². The van der Waals surface area contributed by atoms with Crippen molar-refractivity contribution in [2.75, 3.05) is 18.0 Å². The van der Waals surface area contributed by atoms with E-state index in [-0.39, 0.29) is 0 Å². The molecule has 0 amide bonds. The summed E-state index contributed by atoms with van der Waals surface area (Å²) < 4.78 is 0.804. The van der Waals surface area contributed by atoms with Crippen LogP contribution in [0.2, 0.25) is 0 Å². The minimum absolute atomic E-state index is 0.516. The van der Waals surface area contributed by atoms with Crippen LogP contribution in [0.15, 0.2) is 22.7 Å². The molecule has 2 nitrogen and oxygen atoms in total. The van der Waals surface area contributed by atoms with Crippen LogP contribution >= 0.6 is 15.9 Å². The van der Waals surface area contributed by atoms with E-state index >= 15 is 0 Å². The summed E-state index contributed by atoms with van der Waals surface area (Å²) >= 11 is 3.36. The molecule has 76 valence electrons. The van der Waals surface area contributed by atoms with Crippen molar-refractivity contribution in [3.8, 4) is 18.4 Å². The van der Waals surface area contributed by atoms with Gasteiger partial charge in [-0.05, 0) is 35.0 Å². The van der Waals surface area contributed by atoms with Crippen LogP contribution in [0.5, 0.6) is 0 Å². The molecule has 0 radical (unpaired) electrons. The average Bonchev–Trinajstić information content (AvgIpc) is 2.25. The number of anilines is 1. The molecule has 1 rings (SSSR count). The first kappa shape index (κ1) is 11.6. The molecule has 0 saturated heterocycles. The lowest BCUT2D eigenvalue weighted by molar-refractivity contribution is 0.915. The Morgan fingerprint density at radius 1 is 1.53 bits per heavy atom. The maximum atomic E-state index is 9.05. The van der Waals surface area contributed by atoms with Gasteiger partial charge >= 0.3 is 0 Å². The molecule has 0 aliphatic rings. The summed E-state index contributed by atoms with van der Waals surface area (Å²) in [7, 11) is 0. The topological polar surface area (TPSA) is 27.0 Å². The third-order valence-corrected chi connectivity index (χ3v) is 2.77. The molecule has 0 aliphatic carbocycles. The summed E-state index contributed by atoms with van der Waals surface area (Å²) in [5, 5.41) is 9.05. The predicted octanol–water partition coefficient (Wildman–Crippen LogP) is 2.78. The van der Waals surface area contributed by atoms with Gasteiger partial charge in [0, 0.05) is 11.0 Å². The first-order chi connectivity index (χ1) is 7.24. The zero-order valence-corrected chi connectivity index (χ0v) is 10.1. The molecule has 0 N–H and O–H groups in total. The lowest BCUT2D eigenvalue weighted by Crippen LogP contribution is -2.23. The van der Waals surface area contributed by atoms with E-state index in [0.29, 0.717) is 12.1 Å². The second-order valence-corrected chi connectivity index (χ2v) is 3.82. The van der Waals surface area contributed by atoms with Gasteiger partial charge in [0.2, 0.25) is 0 Å². The molecule has 0 aromatic heterocycles. The fourth-order valence-corrected chi connectivity index (χ4v) is 1.81. The maximum absolute atomic E-state index is 9.05. The minimum atomic E-state index is 0.516. The standard InChI is InChI=1S/C12H11BrN2/c1-3-8-15(4-2)12-7-5-6-11(13)10(12)9-14/h1,5-7H,4,8H2,2H3. The molecular formula is C12H11BrN2. The molecule has 1 aromatic rings. The first-order valence-electron chi connectivity index (χ1n) is 4.61. The number of hydrogen-bond donors (Lipinski definition) is 0. The van der Waals surface area contributed by atoms with Crippen LogP contribution in [0.4, 0.5) is 5.69 Å². The van der Waals surface area contributed by atoms with Crippen LogP contribution in [0.1, 0.15) is 12.5 Å². The number of benzene rings is 1. The summed E-state index contributed by atoms with van der Waals surface area (Å²) in [6.45, 7) is 3.32. The van der Waals surface area contributed by atoms with Crippen molar-refractivity contribution < 1.29 is 0 Å². The van der Waals surface area contributed by atoms with Crippen molar-refractivity contribution >= 4 is 21.6 Å². The van der Waals surface area contributed by atoms with Crippen molar-refractivity contribution in [1.82, 2.24) is 0 Å². The molecule has 0 unspecified atom stereocenters. The van der Waals surface area contributed by atoms with Gasteiger partial charge in [0.25, 0.3) is 0 Å². The SMILES string of the molecule is C#CCN(CC)c1cccc(Br)c1C#N. The van der Waals surface area contributed by atoms with Gasteiger partial charge in [-0.3, -0.25) is 0 Å². The summed E-state index contributed by atoms with van der Waals surface area (Å²) in [4.78, 5) is 1.99. The molecule has 0 bridgehead atoms. The van der Waals surface area contributed by atoms with Gasteiger partial charge in [-0.25, -0.2) is 0 Å². The van der Waals surface area contributed by atoms with Crippen LogP contribution in [0, 0.1) is 23.7 Å². The van der Waals surface area contributed by atoms with Crippen LogP contribution in [0.3, 0.4) is 0 Å². The van der Waals surface area contributed by atoms with E-state index in [4.69, 9.17) is 11.7 Å². The van der Waals surface area contributed by atoms with E-state index in [1.54, 1.807) is 0 Å². The molecule has 3 heteroatoms. The van der Waals surface area contributed by atoms with Crippen molar-refractivity contribution in [2.45, 2.75) is 6.92 Å². The minimum Gasteiger partial charge on any atom is -0.360 e. The summed E-state index contributed by atoms with van der Waals surface area (Å²) in [6.07, 6.45) is 5.29.